The van der Waals surface area contributed by atoms with Gasteiger partial charge >= 0.3 is 6.18 Å². The van der Waals surface area contributed by atoms with Crippen LogP contribution in [0.1, 0.15) is 32.3 Å². The SMILES string of the molecule is CC(C)C1(CNc2ccc(N)cc2C(F)(F)F)CC1. The first-order chi connectivity index (χ1) is 8.74. The third-order valence-corrected chi connectivity index (χ3v) is 4.10. The first-order valence-corrected chi connectivity index (χ1v) is 6.45. The van der Waals surface area contributed by atoms with Crippen LogP contribution in [0.3, 0.4) is 0 Å². The van der Waals surface area contributed by atoms with E-state index in [9.17, 15) is 13.2 Å². The van der Waals surface area contributed by atoms with E-state index in [-0.39, 0.29) is 16.8 Å². The molecular weight excluding hydrogens is 253 g/mol. The fourth-order valence-corrected chi connectivity index (χ4v) is 2.34. The van der Waals surface area contributed by atoms with E-state index in [2.05, 4.69) is 19.2 Å². The summed E-state index contributed by atoms with van der Waals surface area (Å²) in [4.78, 5) is 0. The van der Waals surface area contributed by atoms with Gasteiger partial charge in [-0.05, 0) is 42.4 Å². The summed E-state index contributed by atoms with van der Waals surface area (Å²) < 4.78 is 38.8. The Kier molecular flexibility index (Phi) is 3.41. The number of nitrogens with one attached hydrogen (secondary N) is 1. The van der Waals surface area contributed by atoms with Gasteiger partial charge in [0.2, 0.25) is 0 Å². The van der Waals surface area contributed by atoms with E-state index >= 15 is 0 Å². The number of halogens is 3. The van der Waals surface area contributed by atoms with Crippen LogP contribution in [0.5, 0.6) is 0 Å². The van der Waals surface area contributed by atoms with Crippen molar-refractivity contribution >= 4 is 11.4 Å². The molecule has 1 fully saturated rings. The largest absolute Gasteiger partial charge is 0.418 e. The molecule has 0 bridgehead atoms. The maximum atomic E-state index is 12.9. The molecule has 2 nitrogen and oxygen atoms in total. The van der Waals surface area contributed by atoms with Crippen molar-refractivity contribution in [3.05, 3.63) is 23.8 Å². The Balaban J connectivity index is 2.17. The summed E-state index contributed by atoms with van der Waals surface area (Å²) in [5.41, 5.74) is 5.15. The zero-order chi connectivity index (χ0) is 14.3. The van der Waals surface area contributed by atoms with Crippen molar-refractivity contribution in [2.24, 2.45) is 11.3 Å². The van der Waals surface area contributed by atoms with Crippen LogP contribution in [0.15, 0.2) is 18.2 Å². The third-order valence-electron chi connectivity index (χ3n) is 4.10. The molecule has 0 heterocycles. The predicted octanol–water partition coefficient (Wildman–Crippen LogP) is 4.14. The minimum Gasteiger partial charge on any atom is -0.399 e. The molecule has 0 atom stereocenters. The molecule has 0 unspecified atom stereocenters. The lowest BCUT2D eigenvalue weighted by molar-refractivity contribution is -0.136. The molecule has 1 aromatic rings. The van der Waals surface area contributed by atoms with Gasteiger partial charge in [-0.25, -0.2) is 0 Å². The second-order valence-corrected chi connectivity index (χ2v) is 5.67. The zero-order valence-corrected chi connectivity index (χ0v) is 11.1. The van der Waals surface area contributed by atoms with E-state index in [1.807, 2.05) is 0 Å². The molecule has 1 aromatic carbocycles. The highest BCUT2D eigenvalue weighted by atomic mass is 19.4. The summed E-state index contributed by atoms with van der Waals surface area (Å²) in [5, 5.41) is 2.96. The molecule has 2 rings (SSSR count). The Morgan fingerprint density at radius 1 is 1.32 bits per heavy atom. The maximum absolute atomic E-state index is 12.9. The molecular formula is C14H19F3N2. The van der Waals surface area contributed by atoms with Gasteiger partial charge < -0.3 is 11.1 Å². The summed E-state index contributed by atoms with van der Waals surface area (Å²) in [7, 11) is 0. The summed E-state index contributed by atoms with van der Waals surface area (Å²) in [6.07, 6.45) is -2.23. The fraction of sp³-hybridized carbons (Fsp3) is 0.571. The highest BCUT2D eigenvalue weighted by Crippen LogP contribution is 2.52. The predicted molar refractivity (Wildman–Crippen MR) is 70.9 cm³/mol. The average molecular weight is 272 g/mol. The molecule has 0 saturated heterocycles. The van der Waals surface area contributed by atoms with Gasteiger partial charge in [0.1, 0.15) is 0 Å². The zero-order valence-electron chi connectivity index (χ0n) is 11.1. The van der Waals surface area contributed by atoms with Gasteiger partial charge in [0.15, 0.2) is 0 Å². The van der Waals surface area contributed by atoms with Gasteiger partial charge in [-0.15, -0.1) is 0 Å². The van der Waals surface area contributed by atoms with E-state index in [1.165, 1.54) is 12.1 Å². The van der Waals surface area contributed by atoms with Crippen LogP contribution in [0.4, 0.5) is 24.5 Å². The molecule has 0 radical (unpaired) electrons. The Hall–Kier alpha value is -1.39. The van der Waals surface area contributed by atoms with Crippen LogP contribution in [-0.2, 0) is 6.18 Å². The normalized spacial score (nSPS) is 17.6. The number of benzene rings is 1. The molecule has 1 aliphatic carbocycles. The number of hydrogen-bond acceptors (Lipinski definition) is 2. The lowest BCUT2D eigenvalue weighted by Gasteiger charge is -2.22. The van der Waals surface area contributed by atoms with E-state index in [1.54, 1.807) is 0 Å². The van der Waals surface area contributed by atoms with Crippen LogP contribution < -0.4 is 11.1 Å². The fourth-order valence-electron chi connectivity index (χ4n) is 2.34. The van der Waals surface area contributed by atoms with E-state index < -0.39 is 11.7 Å². The van der Waals surface area contributed by atoms with Crippen molar-refractivity contribution in [3.63, 3.8) is 0 Å². The number of nitrogen functional groups attached to an aromatic ring is 1. The van der Waals surface area contributed by atoms with Gasteiger partial charge in [-0.2, -0.15) is 13.2 Å². The summed E-state index contributed by atoms with van der Waals surface area (Å²) in [5.74, 6) is 0.475. The van der Waals surface area contributed by atoms with Gasteiger partial charge in [0, 0.05) is 17.9 Å². The third kappa shape index (κ3) is 2.96. The molecule has 0 aromatic heterocycles. The summed E-state index contributed by atoms with van der Waals surface area (Å²) >= 11 is 0. The molecule has 3 N–H and O–H groups in total. The maximum Gasteiger partial charge on any atom is 0.418 e. The van der Waals surface area contributed by atoms with Gasteiger partial charge in [0.25, 0.3) is 0 Å². The van der Waals surface area contributed by atoms with Crippen molar-refractivity contribution in [3.8, 4) is 0 Å². The topological polar surface area (TPSA) is 38.0 Å². The van der Waals surface area contributed by atoms with Crippen LogP contribution >= 0.6 is 0 Å². The first kappa shape index (κ1) is 14.0. The Morgan fingerprint density at radius 2 is 1.95 bits per heavy atom. The number of anilines is 2. The monoisotopic (exact) mass is 272 g/mol. The molecule has 5 heteroatoms. The smallest absolute Gasteiger partial charge is 0.399 e. The van der Waals surface area contributed by atoms with Crippen molar-refractivity contribution in [2.75, 3.05) is 17.6 Å². The lowest BCUT2D eigenvalue weighted by atomic mass is 9.92. The molecule has 0 amide bonds. The highest BCUT2D eigenvalue weighted by molar-refractivity contribution is 5.59. The molecule has 1 aliphatic rings. The molecule has 19 heavy (non-hydrogen) atoms. The Morgan fingerprint density at radius 3 is 2.42 bits per heavy atom. The Bertz CT molecular complexity index is 462. The minimum absolute atomic E-state index is 0.119. The average Bonchev–Trinajstić information content (AvgIpc) is 3.07. The van der Waals surface area contributed by atoms with Gasteiger partial charge in [0.05, 0.1) is 5.56 Å². The second-order valence-electron chi connectivity index (χ2n) is 5.67. The second kappa shape index (κ2) is 4.62. The minimum atomic E-state index is -4.38. The Labute approximate surface area is 111 Å². The van der Waals surface area contributed by atoms with Crippen LogP contribution in [-0.4, -0.2) is 6.54 Å². The number of hydrogen-bond donors (Lipinski definition) is 2. The molecule has 0 spiro atoms. The molecule has 0 aliphatic heterocycles. The molecule has 1 saturated carbocycles. The number of alkyl halides is 3. The number of nitrogens with two attached hydrogens (primary N) is 1. The molecule has 106 valence electrons. The van der Waals surface area contributed by atoms with E-state index in [4.69, 9.17) is 5.73 Å². The first-order valence-electron chi connectivity index (χ1n) is 6.45. The quantitative estimate of drug-likeness (QED) is 0.808. The van der Waals surface area contributed by atoms with Gasteiger partial charge in [-0.3, -0.25) is 0 Å². The van der Waals surface area contributed by atoms with Crippen LogP contribution in [0.25, 0.3) is 0 Å². The van der Waals surface area contributed by atoms with E-state index in [0.29, 0.717) is 12.5 Å². The highest BCUT2D eigenvalue weighted by Gasteiger charge is 2.45. The van der Waals surface area contributed by atoms with Crippen molar-refractivity contribution in [1.29, 1.82) is 0 Å². The summed E-state index contributed by atoms with van der Waals surface area (Å²) in [6.45, 7) is 4.81. The lowest BCUT2D eigenvalue weighted by Crippen LogP contribution is -2.22. The van der Waals surface area contributed by atoms with Crippen LogP contribution in [0, 0.1) is 11.3 Å². The van der Waals surface area contributed by atoms with Crippen molar-refractivity contribution < 1.29 is 13.2 Å². The summed E-state index contributed by atoms with van der Waals surface area (Å²) in [6, 6.07) is 3.89. The van der Waals surface area contributed by atoms with E-state index in [0.717, 1.165) is 18.9 Å². The van der Waals surface area contributed by atoms with Crippen molar-refractivity contribution in [1.82, 2.24) is 0 Å². The van der Waals surface area contributed by atoms with Crippen molar-refractivity contribution in [2.45, 2.75) is 32.9 Å². The number of rotatable bonds is 4. The van der Waals surface area contributed by atoms with Crippen LogP contribution in [0.2, 0.25) is 0 Å². The standard InChI is InChI=1S/C14H19F3N2/c1-9(2)13(5-6-13)8-19-12-4-3-10(18)7-11(12)14(15,16)17/h3-4,7,9,19H,5-6,8,18H2,1-2H3. The van der Waals surface area contributed by atoms with Gasteiger partial charge in [-0.1, -0.05) is 13.8 Å².